The first-order chi connectivity index (χ1) is 14.2. The molecule has 2 aromatic heterocycles. The SMILES string of the molecule is CCc1cc2c(=O)n(C(CC)C(=O)Nc3ccc(S(=O)(=O)N(C)C)cc3)cnc2s1. The summed E-state index contributed by atoms with van der Waals surface area (Å²) in [7, 11) is -0.635. The van der Waals surface area contributed by atoms with E-state index < -0.39 is 16.1 Å². The highest BCUT2D eigenvalue weighted by Gasteiger charge is 2.22. The molecule has 0 saturated heterocycles. The highest BCUT2D eigenvalue weighted by molar-refractivity contribution is 7.89. The topological polar surface area (TPSA) is 101 Å². The van der Waals surface area contributed by atoms with Crippen LogP contribution in [-0.4, -0.2) is 42.3 Å². The fraction of sp³-hybridized carbons (Fsp3) is 0.350. The Morgan fingerprint density at radius 2 is 1.90 bits per heavy atom. The van der Waals surface area contributed by atoms with E-state index in [4.69, 9.17) is 0 Å². The minimum atomic E-state index is -3.54. The van der Waals surface area contributed by atoms with Crippen LogP contribution in [0.1, 0.15) is 31.2 Å². The molecular formula is C20H24N4O4S2. The van der Waals surface area contributed by atoms with Crippen molar-refractivity contribution in [3.05, 3.63) is 51.9 Å². The largest absolute Gasteiger partial charge is 0.324 e. The number of amides is 1. The fourth-order valence-electron chi connectivity index (χ4n) is 3.04. The number of rotatable bonds is 7. The predicted octanol–water partition coefficient (Wildman–Crippen LogP) is 2.86. The molecule has 2 heterocycles. The quantitative estimate of drug-likeness (QED) is 0.599. The van der Waals surface area contributed by atoms with E-state index in [1.807, 2.05) is 19.9 Å². The Labute approximate surface area is 179 Å². The second kappa shape index (κ2) is 8.66. The first-order valence-corrected chi connectivity index (χ1v) is 11.8. The van der Waals surface area contributed by atoms with Crippen LogP contribution in [0.2, 0.25) is 0 Å². The van der Waals surface area contributed by atoms with Gasteiger partial charge in [-0.3, -0.25) is 14.2 Å². The minimum absolute atomic E-state index is 0.132. The van der Waals surface area contributed by atoms with E-state index >= 15 is 0 Å². The molecule has 30 heavy (non-hydrogen) atoms. The number of anilines is 1. The molecule has 3 aromatic rings. The van der Waals surface area contributed by atoms with Crippen LogP contribution in [0.25, 0.3) is 10.2 Å². The number of fused-ring (bicyclic) bond motifs is 1. The molecule has 1 aromatic carbocycles. The summed E-state index contributed by atoms with van der Waals surface area (Å²) < 4.78 is 26.8. The Bertz CT molecular complexity index is 1230. The second-order valence-corrected chi connectivity index (χ2v) is 10.2. The maximum Gasteiger partial charge on any atom is 0.262 e. The van der Waals surface area contributed by atoms with Crippen molar-refractivity contribution in [3.63, 3.8) is 0 Å². The van der Waals surface area contributed by atoms with Crippen LogP contribution in [0.4, 0.5) is 5.69 Å². The molecule has 8 nitrogen and oxygen atoms in total. The molecule has 0 bridgehead atoms. The zero-order chi connectivity index (χ0) is 22.1. The van der Waals surface area contributed by atoms with Crippen LogP contribution < -0.4 is 10.9 Å². The second-order valence-electron chi connectivity index (χ2n) is 6.97. The molecule has 3 rings (SSSR count). The molecule has 0 aliphatic heterocycles. The Morgan fingerprint density at radius 3 is 2.47 bits per heavy atom. The summed E-state index contributed by atoms with van der Waals surface area (Å²) in [5.74, 6) is -0.366. The van der Waals surface area contributed by atoms with Gasteiger partial charge >= 0.3 is 0 Å². The lowest BCUT2D eigenvalue weighted by Crippen LogP contribution is -2.33. The third-order valence-corrected chi connectivity index (χ3v) is 7.82. The number of benzene rings is 1. The average Bonchev–Trinajstić information content (AvgIpc) is 3.15. The van der Waals surface area contributed by atoms with Gasteiger partial charge in [0.05, 0.1) is 16.6 Å². The maximum atomic E-state index is 12.9. The standard InChI is InChI=1S/C20H24N4O4S2/c1-5-14-11-16-19(29-14)21-12-24(20(16)26)17(6-2)18(25)22-13-7-9-15(10-8-13)30(27,28)23(3)4/h7-12,17H,5-6H2,1-4H3,(H,22,25). The molecule has 160 valence electrons. The van der Waals surface area contributed by atoms with Crippen molar-refractivity contribution in [2.24, 2.45) is 0 Å². The van der Waals surface area contributed by atoms with Crippen molar-refractivity contribution < 1.29 is 13.2 Å². The summed E-state index contributed by atoms with van der Waals surface area (Å²) in [6, 6.07) is 7.02. The monoisotopic (exact) mass is 448 g/mol. The molecule has 0 aliphatic rings. The van der Waals surface area contributed by atoms with Crippen molar-refractivity contribution in [1.29, 1.82) is 0 Å². The molecule has 10 heteroatoms. The fourth-order valence-corrected chi connectivity index (χ4v) is 4.87. The number of sulfonamides is 1. The number of hydrogen-bond donors (Lipinski definition) is 1. The van der Waals surface area contributed by atoms with E-state index in [9.17, 15) is 18.0 Å². The number of aryl methyl sites for hydroxylation is 1. The Kier molecular flexibility index (Phi) is 6.39. The summed E-state index contributed by atoms with van der Waals surface area (Å²) in [4.78, 5) is 32.0. The summed E-state index contributed by atoms with van der Waals surface area (Å²) in [6.45, 7) is 3.83. The number of carbonyl (C=O) groups is 1. The van der Waals surface area contributed by atoms with Crippen LogP contribution in [0.15, 0.2) is 46.3 Å². The Balaban J connectivity index is 1.86. The van der Waals surface area contributed by atoms with Gasteiger partial charge in [0.15, 0.2) is 0 Å². The lowest BCUT2D eigenvalue weighted by atomic mass is 10.2. The first-order valence-electron chi connectivity index (χ1n) is 9.52. The molecule has 0 fully saturated rings. The van der Waals surface area contributed by atoms with E-state index in [0.717, 1.165) is 15.6 Å². The molecule has 0 spiro atoms. The van der Waals surface area contributed by atoms with Crippen LogP contribution in [0.5, 0.6) is 0 Å². The number of nitrogens with zero attached hydrogens (tertiary/aromatic N) is 3. The lowest BCUT2D eigenvalue weighted by Gasteiger charge is -2.18. The molecular weight excluding hydrogens is 424 g/mol. The van der Waals surface area contributed by atoms with E-state index in [1.165, 1.54) is 60.6 Å². The first kappa shape index (κ1) is 22.1. The summed E-state index contributed by atoms with van der Waals surface area (Å²) >= 11 is 1.48. The lowest BCUT2D eigenvalue weighted by molar-refractivity contribution is -0.119. The number of thiophene rings is 1. The number of aromatic nitrogens is 2. The van der Waals surface area contributed by atoms with Crippen molar-refractivity contribution in [2.75, 3.05) is 19.4 Å². The van der Waals surface area contributed by atoms with Gasteiger partial charge < -0.3 is 5.32 Å². The van der Waals surface area contributed by atoms with Crippen molar-refractivity contribution >= 4 is 43.2 Å². The van der Waals surface area contributed by atoms with Crippen LogP contribution in [0.3, 0.4) is 0 Å². The third-order valence-electron chi connectivity index (χ3n) is 4.80. The van der Waals surface area contributed by atoms with Crippen molar-refractivity contribution in [1.82, 2.24) is 13.9 Å². The van der Waals surface area contributed by atoms with Crippen LogP contribution in [-0.2, 0) is 21.2 Å². The normalized spacial score (nSPS) is 13.0. The van der Waals surface area contributed by atoms with Gasteiger partial charge in [0.2, 0.25) is 15.9 Å². The van der Waals surface area contributed by atoms with Gasteiger partial charge in [-0.1, -0.05) is 13.8 Å². The van der Waals surface area contributed by atoms with Gasteiger partial charge in [0, 0.05) is 24.7 Å². The summed E-state index contributed by atoms with van der Waals surface area (Å²) in [5, 5.41) is 3.28. The Hall–Kier alpha value is -2.56. The van der Waals surface area contributed by atoms with E-state index in [1.54, 1.807) is 0 Å². The van der Waals surface area contributed by atoms with E-state index in [2.05, 4.69) is 10.3 Å². The summed E-state index contributed by atoms with van der Waals surface area (Å²) in [5.41, 5.74) is 0.201. The van der Waals surface area contributed by atoms with Gasteiger partial charge in [0.25, 0.3) is 5.56 Å². The van der Waals surface area contributed by atoms with Gasteiger partial charge in [-0.25, -0.2) is 17.7 Å². The zero-order valence-corrected chi connectivity index (χ0v) is 18.9. The molecule has 1 atom stereocenters. The zero-order valence-electron chi connectivity index (χ0n) is 17.2. The molecule has 1 unspecified atom stereocenters. The smallest absolute Gasteiger partial charge is 0.262 e. The maximum absolute atomic E-state index is 12.9. The van der Waals surface area contributed by atoms with E-state index in [-0.39, 0.29) is 16.4 Å². The van der Waals surface area contributed by atoms with Crippen LogP contribution >= 0.6 is 11.3 Å². The van der Waals surface area contributed by atoms with Crippen LogP contribution in [0, 0.1) is 0 Å². The van der Waals surface area contributed by atoms with Crippen molar-refractivity contribution in [2.45, 2.75) is 37.6 Å². The molecule has 0 radical (unpaired) electrons. The number of hydrogen-bond acceptors (Lipinski definition) is 6. The average molecular weight is 449 g/mol. The predicted molar refractivity (Wildman–Crippen MR) is 119 cm³/mol. The highest BCUT2D eigenvalue weighted by atomic mass is 32.2. The minimum Gasteiger partial charge on any atom is -0.324 e. The molecule has 0 aliphatic carbocycles. The van der Waals surface area contributed by atoms with Gasteiger partial charge in [-0.2, -0.15) is 0 Å². The molecule has 0 saturated carbocycles. The van der Waals surface area contributed by atoms with Gasteiger partial charge in [0.1, 0.15) is 10.9 Å². The molecule has 1 N–H and O–H groups in total. The third kappa shape index (κ3) is 4.16. The molecule has 1 amide bonds. The van der Waals surface area contributed by atoms with Crippen molar-refractivity contribution in [3.8, 4) is 0 Å². The number of carbonyl (C=O) groups excluding carboxylic acids is 1. The van der Waals surface area contributed by atoms with Gasteiger partial charge in [-0.15, -0.1) is 11.3 Å². The summed E-state index contributed by atoms with van der Waals surface area (Å²) in [6.07, 6.45) is 2.63. The number of nitrogens with one attached hydrogen (secondary N) is 1. The van der Waals surface area contributed by atoms with E-state index in [0.29, 0.717) is 22.3 Å². The highest BCUT2D eigenvalue weighted by Crippen LogP contribution is 2.23. The van der Waals surface area contributed by atoms with Gasteiger partial charge in [-0.05, 0) is 43.2 Å². The Morgan fingerprint density at radius 1 is 1.23 bits per heavy atom.